The summed E-state index contributed by atoms with van der Waals surface area (Å²) in [6.45, 7) is 29.6. The van der Waals surface area contributed by atoms with Crippen LogP contribution in [0.2, 0.25) is 36.3 Å². The zero-order chi connectivity index (χ0) is 31.8. The third-order valence-electron chi connectivity index (χ3n) is 10.8. The molecule has 0 saturated carbocycles. The monoisotopic (exact) mass is 626 g/mol. The molecule has 2 saturated heterocycles. The van der Waals surface area contributed by atoms with Crippen molar-refractivity contribution in [2.24, 2.45) is 0 Å². The topological polar surface area (TPSA) is 57.2 Å². The van der Waals surface area contributed by atoms with Crippen molar-refractivity contribution in [1.82, 2.24) is 0 Å². The average molecular weight is 627 g/mol. The summed E-state index contributed by atoms with van der Waals surface area (Å²) in [5, 5.41) is 10.8. The number of hydrogen-bond acceptors (Lipinski definition) is 5. The van der Waals surface area contributed by atoms with Crippen LogP contribution in [0.5, 0.6) is 0 Å². The van der Waals surface area contributed by atoms with Crippen LogP contribution in [0.15, 0.2) is 12.7 Å². The van der Waals surface area contributed by atoms with Gasteiger partial charge in [0.1, 0.15) is 0 Å². The molecule has 0 aromatic carbocycles. The highest BCUT2D eigenvalue weighted by atomic mass is 28.4. The van der Waals surface area contributed by atoms with Crippen molar-refractivity contribution in [2.45, 2.75) is 211 Å². The summed E-state index contributed by atoms with van der Waals surface area (Å²) in [7, 11) is -3.88. The van der Waals surface area contributed by atoms with E-state index in [-0.39, 0.29) is 46.7 Å². The van der Waals surface area contributed by atoms with Crippen molar-refractivity contribution in [3.05, 3.63) is 12.7 Å². The first-order valence-electron chi connectivity index (χ1n) is 17.4. The lowest BCUT2D eigenvalue weighted by atomic mass is 9.99. The minimum Gasteiger partial charge on any atom is -0.414 e. The van der Waals surface area contributed by atoms with Gasteiger partial charge < -0.3 is 23.4 Å². The van der Waals surface area contributed by atoms with Crippen LogP contribution in [-0.4, -0.2) is 64.5 Å². The fraction of sp³-hybridized carbons (Fsp3) is 0.943. The largest absolute Gasteiger partial charge is 0.414 e. The summed E-state index contributed by atoms with van der Waals surface area (Å²) in [4.78, 5) is 0. The minimum absolute atomic E-state index is 0.0609. The highest BCUT2D eigenvalue weighted by Crippen LogP contribution is 2.42. The molecule has 0 aromatic heterocycles. The number of aliphatic hydroxyl groups excluding tert-OH is 1. The first kappa shape index (κ1) is 38.2. The normalized spacial score (nSPS) is 26.4. The summed E-state index contributed by atoms with van der Waals surface area (Å²) in [6, 6.07) is 0. The van der Waals surface area contributed by atoms with Crippen LogP contribution in [0.4, 0.5) is 0 Å². The Hall–Kier alpha value is -0.0262. The molecule has 248 valence electrons. The predicted octanol–water partition coefficient (Wildman–Crippen LogP) is 9.94. The van der Waals surface area contributed by atoms with E-state index in [2.05, 4.69) is 81.2 Å². The van der Waals surface area contributed by atoms with Gasteiger partial charge in [0.2, 0.25) is 0 Å². The molecule has 2 aliphatic rings. The van der Waals surface area contributed by atoms with Gasteiger partial charge in [-0.15, -0.1) is 6.58 Å². The maximum Gasteiger partial charge on any atom is 0.192 e. The van der Waals surface area contributed by atoms with E-state index < -0.39 is 22.7 Å². The fourth-order valence-corrected chi connectivity index (χ4v) is 8.66. The first-order valence-corrected chi connectivity index (χ1v) is 23.2. The quantitative estimate of drug-likeness (QED) is 0.0932. The van der Waals surface area contributed by atoms with Crippen LogP contribution in [0.1, 0.15) is 132 Å². The summed E-state index contributed by atoms with van der Waals surface area (Å²) >= 11 is 0. The van der Waals surface area contributed by atoms with Crippen molar-refractivity contribution in [3.63, 3.8) is 0 Å². The van der Waals surface area contributed by atoms with E-state index >= 15 is 0 Å². The van der Waals surface area contributed by atoms with E-state index in [9.17, 15) is 5.11 Å². The fourth-order valence-electron chi connectivity index (χ4n) is 5.86. The Morgan fingerprint density at radius 3 is 1.83 bits per heavy atom. The van der Waals surface area contributed by atoms with Gasteiger partial charge >= 0.3 is 0 Å². The van der Waals surface area contributed by atoms with Gasteiger partial charge in [0.25, 0.3) is 0 Å². The third-order valence-corrected chi connectivity index (χ3v) is 19.8. The van der Waals surface area contributed by atoms with Gasteiger partial charge in [-0.3, -0.25) is 0 Å². The second kappa shape index (κ2) is 16.5. The van der Waals surface area contributed by atoms with Crippen LogP contribution in [0.3, 0.4) is 0 Å². The zero-order valence-electron chi connectivity index (χ0n) is 29.6. The Morgan fingerprint density at radius 2 is 1.29 bits per heavy atom. The van der Waals surface area contributed by atoms with E-state index in [4.69, 9.17) is 18.3 Å². The summed E-state index contributed by atoms with van der Waals surface area (Å²) in [5.41, 5.74) is 0. The van der Waals surface area contributed by atoms with E-state index in [1.165, 1.54) is 32.1 Å². The molecule has 2 rings (SSSR count). The van der Waals surface area contributed by atoms with Crippen LogP contribution >= 0.6 is 0 Å². The molecule has 0 amide bonds. The molecule has 0 aliphatic carbocycles. The molecule has 2 aliphatic heterocycles. The maximum atomic E-state index is 10.4. The third kappa shape index (κ3) is 11.4. The summed E-state index contributed by atoms with van der Waals surface area (Å²) < 4.78 is 27.4. The van der Waals surface area contributed by atoms with Crippen molar-refractivity contribution < 1.29 is 23.4 Å². The van der Waals surface area contributed by atoms with Crippen molar-refractivity contribution in [2.75, 3.05) is 0 Å². The number of rotatable bonds is 18. The Kier molecular flexibility index (Phi) is 15.0. The lowest BCUT2D eigenvalue weighted by molar-refractivity contribution is -0.107. The SMILES string of the molecule is C=CC[C@H](O)[C@H]1CC[C@H]([C@H]2CC[C@H]([C@H](CC[C@H](CCCCCCC)O[Si](C)(C)C(C)(C)C)O[Si](C)(C)C(C)(C)C)O2)O1. The van der Waals surface area contributed by atoms with Crippen LogP contribution in [0, 0.1) is 0 Å². The Labute approximate surface area is 263 Å². The van der Waals surface area contributed by atoms with Crippen molar-refractivity contribution >= 4 is 16.6 Å². The van der Waals surface area contributed by atoms with Gasteiger partial charge in [-0.05, 0) is 87.6 Å². The van der Waals surface area contributed by atoms with Gasteiger partial charge in [-0.1, -0.05) is 86.6 Å². The molecule has 2 heterocycles. The van der Waals surface area contributed by atoms with E-state index in [0.717, 1.165) is 44.9 Å². The first-order chi connectivity index (χ1) is 19.4. The van der Waals surface area contributed by atoms with Gasteiger partial charge in [0.05, 0.1) is 36.6 Å². The van der Waals surface area contributed by atoms with Crippen LogP contribution in [-0.2, 0) is 18.3 Å². The maximum absolute atomic E-state index is 10.4. The Morgan fingerprint density at radius 1 is 0.762 bits per heavy atom. The van der Waals surface area contributed by atoms with Gasteiger partial charge in [-0.2, -0.15) is 0 Å². The number of hydrogen-bond donors (Lipinski definition) is 1. The smallest absolute Gasteiger partial charge is 0.192 e. The molecule has 0 spiro atoms. The average Bonchev–Trinajstić information content (AvgIpc) is 3.55. The van der Waals surface area contributed by atoms with Crippen LogP contribution < -0.4 is 0 Å². The van der Waals surface area contributed by atoms with Gasteiger partial charge in [0.15, 0.2) is 16.6 Å². The Balaban J connectivity index is 2.14. The Bertz CT molecular complexity index is 787. The van der Waals surface area contributed by atoms with E-state index in [0.29, 0.717) is 6.42 Å². The van der Waals surface area contributed by atoms with Crippen LogP contribution in [0.25, 0.3) is 0 Å². The second-order valence-corrected chi connectivity index (χ2v) is 25.9. The zero-order valence-corrected chi connectivity index (χ0v) is 31.6. The van der Waals surface area contributed by atoms with E-state index in [1.54, 1.807) is 6.08 Å². The predicted molar refractivity (Wildman–Crippen MR) is 183 cm³/mol. The molecule has 0 radical (unpaired) electrons. The lowest BCUT2D eigenvalue weighted by Crippen LogP contribution is -2.48. The van der Waals surface area contributed by atoms with Gasteiger partial charge in [0, 0.05) is 6.10 Å². The van der Waals surface area contributed by atoms with Crippen molar-refractivity contribution in [3.8, 4) is 0 Å². The molecular weight excluding hydrogens is 557 g/mol. The molecule has 0 bridgehead atoms. The lowest BCUT2D eigenvalue weighted by Gasteiger charge is -2.42. The molecule has 2 fully saturated rings. The van der Waals surface area contributed by atoms with E-state index in [1.807, 2.05) is 0 Å². The molecule has 5 nitrogen and oxygen atoms in total. The number of ether oxygens (including phenoxy) is 2. The number of unbranched alkanes of at least 4 members (excludes halogenated alkanes) is 4. The molecule has 1 N–H and O–H groups in total. The molecule has 7 atom stereocenters. The molecule has 42 heavy (non-hydrogen) atoms. The number of aliphatic hydroxyl groups is 1. The highest BCUT2D eigenvalue weighted by molar-refractivity contribution is 6.74. The molecule has 7 heteroatoms. The summed E-state index contributed by atoms with van der Waals surface area (Å²) in [5.74, 6) is 0. The van der Waals surface area contributed by atoms with Crippen molar-refractivity contribution in [1.29, 1.82) is 0 Å². The molecule has 0 unspecified atom stereocenters. The molecular formula is C35H70O5Si2. The second-order valence-electron chi connectivity index (χ2n) is 16.4. The minimum atomic E-state index is -2.00. The van der Waals surface area contributed by atoms with Gasteiger partial charge in [-0.25, -0.2) is 0 Å². The standard InChI is InChI=1S/C35H70O5Si2/c1-13-15-16-17-18-20-27(39-41(9,10)34(3,4)5)21-22-33(40-42(11,12)35(6,7)8)32-26-25-31(38-32)30-24-23-29(37-30)28(36)19-14-2/h14,27-33,36H,2,13,15-26H2,1,3-12H3/t27-,28-,29+,30+,31+,32+,33-/m0/s1. The highest BCUT2D eigenvalue weighted by Gasteiger charge is 2.45. The molecule has 0 aromatic rings. The summed E-state index contributed by atoms with van der Waals surface area (Å²) in [6.07, 6.45) is 15.8.